The number of benzene rings is 2. The number of aryl methyl sites for hydroxylation is 1. The molecule has 0 spiro atoms. The third-order valence-electron chi connectivity index (χ3n) is 3.67. The molecular weight excluding hydrogens is 392 g/mol. The maximum absolute atomic E-state index is 13.3. The molecule has 3 rings (SSSR count). The van der Waals surface area contributed by atoms with E-state index in [4.69, 9.17) is 0 Å². The molecule has 0 atom stereocenters. The van der Waals surface area contributed by atoms with Gasteiger partial charge in [0.1, 0.15) is 5.82 Å². The molecule has 0 aliphatic carbocycles. The van der Waals surface area contributed by atoms with Crippen molar-refractivity contribution in [3.8, 4) is 0 Å². The van der Waals surface area contributed by atoms with Gasteiger partial charge in [-0.2, -0.15) is 4.98 Å². The smallest absolute Gasteiger partial charge is 0.261 e. The van der Waals surface area contributed by atoms with Crippen LogP contribution in [0.2, 0.25) is 0 Å². The lowest BCUT2D eigenvalue weighted by atomic mass is 10.2. The van der Waals surface area contributed by atoms with Gasteiger partial charge in [-0.05, 0) is 36.4 Å². The largest absolute Gasteiger partial charge is 0.289 e. The van der Waals surface area contributed by atoms with Gasteiger partial charge in [-0.25, -0.2) is 17.2 Å². The quantitative estimate of drug-likeness (QED) is 0.581. The summed E-state index contributed by atoms with van der Waals surface area (Å²) in [5, 5.41) is 8.99. The number of aromatic amines is 1. The van der Waals surface area contributed by atoms with Crippen LogP contribution in [0.5, 0.6) is 0 Å². The zero-order valence-corrected chi connectivity index (χ0v) is 15.3. The number of amides is 1. The van der Waals surface area contributed by atoms with Crippen molar-refractivity contribution < 1.29 is 22.0 Å². The van der Waals surface area contributed by atoms with Crippen LogP contribution in [-0.2, 0) is 16.4 Å². The van der Waals surface area contributed by atoms with Crippen molar-refractivity contribution in [3.05, 3.63) is 65.5 Å². The molecule has 1 aromatic heterocycles. The lowest BCUT2D eigenvalue weighted by Crippen LogP contribution is -2.16. The van der Waals surface area contributed by atoms with E-state index >= 15 is 0 Å². The minimum absolute atomic E-state index is 0.0709. The fourth-order valence-corrected chi connectivity index (χ4v) is 3.33. The predicted molar refractivity (Wildman–Crippen MR) is 97.3 cm³/mol. The number of carbonyl (C=O) groups excluding carboxylic acids is 1. The normalized spacial score (nSPS) is 11.2. The monoisotopic (exact) mass is 407 g/mol. The first-order chi connectivity index (χ1) is 13.3. The van der Waals surface area contributed by atoms with Crippen molar-refractivity contribution in [2.24, 2.45) is 0 Å². The Morgan fingerprint density at radius 1 is 1.14 bits per heavy atom. The maximum atomic E-state index is 13.3. The second-order valence-corrected chi connectivity index (χ2v) is 7.36. The number of nitrogens with zero attached hydrogens (tertiary/aromatic N) is 2. The Labute approximate surface area is 159 Å². The fraction of sp³-hybridized carbons (Fsp3) is 0.118. The Bertz CT molecular complexity index is 1130. The molecule has 28 heavy (non-hydrogen) atoms. The Morgan fingerprint density at radius 3 is 2.61 bits per heavy atom. The van der Waals surface area contributed by atoms with Gasteiger partial charge >= 0.3 is 0 Å². The van der Waals surface area contributed by atoms with E-state index in [-0.39, 0.29) is 17.2 Å². The highest BCUT2D eigenvalue weighted by molar-refractivity contribution is 7.92. The number of carbonyl (C=O) groups is 1. The molecule has 2 aromatic carbocycles. The number of hydrogen-bond donors (Lipinski definition) is 3. The van der Waals surface area contributed by atoms with Gasteiger partial charge in [-0.1, -0.05) is 13.0 Å². The van der Waals surface area contributed by atoms with E-state index in [9.17, 15) is 22.0 Å². The zero-order chi connectivity index (χ0) is 20.3. The van der Waals surface area contributed by atoms with Crippen molar-refractivity contribution >= 4 is 27.6 Å². The van der Waals surface area contributed by atoms with Crippen LogP contribution in [0.15, 0.2) is 47.4 Å². The number of sulfonamides is 1. The van der Waals surface area contributed by atoms with Crippen molar-refractivity contribution in [1.29, 1.82) is 0 Å². The topological polar surface area (TPSA) is 117 Å². The Balaban J connectivity index is 1.78. The van der Waals surface area contributed by atoms with E-state index in [0.29, 0.717) is 18.3 Å². The summed E-state index contributed by atoms with van der Waals surface area (Å²) in [6, 6.07) is 7.87. The first-order valence-corrected chi connectivity index (χ1v) is 9.57. The fourth-order valence-electron chi connectivity index (χ4n) is 2.27. The van der Waals surface area contributed by atoms with Crippen molar-refractivity contribution in [2.45, 2.75) is 18.2 Å². The van der Waals surface area contributed by atoms with Gasteiger partial charge in [-0.15, -0.1) is 5.10 Å². The number of nitrogens with one attached hydrogen (secondary N) is 3. The molecular formula is C17H15F2N5O3S. The summed E-state index contributed by atoms with van der Waals surface area (Å²) in [5.74, 6) is -2.29. The minimum Gasteiger partial charge on any atom is -0.289 e. The third-order valence-corrected chi connectivity index (χ3v) is 5.05. The van der Waals surface area contributed by atoms with E-state index in [1.165, 1.54) is 24.3 Å². The third kappa shape index (κ3) is 4.31. The lowest BCUT2D eigenvalue weighted by molar-refractivity contribution is 0.102. The minimum atomic E-state index is -4.17. The molecule has 0 bridgehead atoms. The average Bonchev–Trinajstić information content (AvgIpc) is 3.11. The lowest BCUT2D eigenvalue weighted by Gasteiger charge is -2.09. The van der Waals surface area contributed by atoms with Crippen LogP contribution < -0.4 is 10.0 Å². The zero-order valence-electron chi connectivity index (χ0n) is 14.5. The molecule has 11 heteroatoms. The molecule has 3 N–H and O–H groups in total. The molecule has 8 nitrogen and oxygen atoms in total. The highest BCUT2D eigenvalue weighted by Gasteiger charge is 2.18. The molecule has 0 fully saturated rings. The van der Waals surface area contributed by atoms with Crippen LogP contribution in [0, 0.1) is 11.6 Å². The molecule has 1 amide bonds. The predicted octanol–water partition coefficient (Wildman–Crippen LogP) is 2.70. The van der Waals surface area contributed by atoms with Gasteiger partial charge in [0, 0.05) is 17.7 Å². The van der Waals surface area contributed by atoms with Gasteiger partial charge in [0.2, 0.25) is 5.95 Å². The number of aromatic nitrogens is 3. The molecule has 0 aliphatic heterocycles. The summed E-state index contributed by atoms with van der Waals surface area (Å²) >= 11 is 0. The van der Waals surface area contributed by atoms with Crippen molar-refractivity contribution in [1.82, 2.24) is 15.2 Å². The Kier molecular flexibility index (Phi) is 5.36. The molecule has 0 aliphatic rings. The number of rotatable bonds is 6. The standard InChI is InChI=1S/C17H15F2N5O3S/c1-2-15-20-17(23-22-15)21-16(25)10-4-3-5-11(8-10)24-28(26,27)12-6-7-13(18)14(19)9-12/h3-9,24H,2H2,1H3,(H2,20,21,22,23,25). The second kappa shape index (κ2) is 7.72. The van der Waals surface area contributed by atoms with Crippen LogP contribution in [0.4, 0.5) is 20.4 Å². The summed E-state index contributed by atoms with van der Waals surface area (Å²) in [7, 11) is -4.17. The maximum Gasteiger partial charge on any atom is 0.261 e. The van der Waals surface area contributed by atoms with Gasteiger partial charge in [-0.3, -0.25) is 19.9 Å². The Hall–Kier alpha value is -3.34. The first kappa shape index (κ1) is 19.4. The molecule has 3 aromatic rings. The molecule has 0 unspecified atom stereocenters. The van der Waals surface area contributed by atoms with Crippen LogP contribution in [0.3, 0.4) is 0 Å². The van der Waals surface area contributed by atoms with Gasteiger partial charge in [0.05, 0.1) is 4.90 Å². The van der Waals surface area contributed by atoms with E-state index in [2.05, 4.69) is 25.2 Å². The summed E-state index contributed by atoms with van der Waals surface area (Å²) < 4.78 is 53.2. The van der Waals surface area contributed by atoms with E-state index < -0.39 is 32.5 Å². The number of hydrogen-bond acceptors (Lipinski definition) is 5. The Morgan fingerprint density at radius 2 is 1.93 bits per heavy atom. The highest BCUT2D eigenvalue weighted by atomic mass is 32.2. The van der Waals surface area contributed by atoms with Crippen LogP contribution in [0.25, 0.3) is 0 Å². The molecule has 146 valence electrons. The summed E-state index contributed by atoms with van der Waals surface area (Å²) in [6.45, 7) is 1.87. The summed E-state index contributed by atoms with van der Waals surface area (Å²) in [5.41, 5.74) is 0.218. The molecule has 0 radical (unpaired) electrons. The summed E-state index contributed by atoms with van der Waals surface area (Å²) in [6.07, 6.45) is 0.615. The van der Waals surface area contributed by atoms with Crippen molar-refractivity contribution in [3.63, 3.8) is 0 Å². The van der Waals surface area contributed by atoms with E-state index in [1.807, 2.05) is 6.92 Å². The van der Waals surface area contributed by atoms with E-state index in [0.717, 1.165) is 12.1 Å². The summed E-state index contributed by atoms with van der Waals surface area (Å²) in [4.78, 5) is 15.9. The van der Waals surface area contributed by atoms with Gasteiger partial charge < -0.3 is 0 Å². The molecule has 1 heterocycles. The number of H-pyrrole nitrogens is 1. The number of halogens is 2. The highest BCUT2D eigenvalue weighted by Crippen LogP contribution is 2.19. The van der Waals surface area contributed by atoms with Gasteiger partial charge in [0.15, 0.2) is 11.6 Å². The van der Waals surface area contributed by atoms with Gasteiger partial charge in [0.25, 0.3) is 15.9 Å². The van der Waals surface area contributed by atoms with Crippen molar-refractivity contribution in [2.75, 3.05) is 10.0 Å². The number of anilines is 2. The van der Waals surface area contributed by atoms with Crippen LogP contribution in [0.1, 0.15) is 23.1 Å². The SMILES string of the molecule is CCc1nc(NC(=O)c2cccc(NS(=O)(=O)c3ccc(F)c(F)c3)c2)n[nH]1. The first-order valence-electron chi connectivity index (χ1n) is 8.09. The van der Waals surface area contributed by atoms with Crippen LogP contribution in [-0.4, -0.2) is 29.5 Å². The molecule has 0 saturated carbocycles. The molecule has 0 saturated heterocycles. The second-order valence-electron chi connectivity index (χ2n) is 5.68. The van der Waals surface area contributed by atoms with Crippen LogP contribution >= 0.6 is 0 Å². The average molecular weight is 407 g/mol. The van der Waals surface area contributed by atoms with E-state index in [1.54, 1.807) is 0 Å².